The number of para-hydroxylation sites is 1. The summed E-state index contributed by atoms with van der Waals surface area (Å²) in [5.74, 6) is 0.604. The predicted octanol–water partition coefficient (Wildman–Crippen LogP) is 12.0. The minimum atomic E-state index is -0.111. The smallest absolute Gasteiger partial charge is 0.306 e. The third kappa shape index (κ3) is 16.1. The monoisotopic (exact) mass is 573 g/mol. The molecule has 3 heteroatoms. The zero-order chi connectivity index (χ0) is 30.7. The molecule has 0 bridgehead atoms. The molecule has 0 radical (unpaired) electrons. The third-order valence-electron chi connectivity index (χ3n) is 9.39. The summed E-state index contributed by atoms with van der Waals surface area (Å²) in [4.78, 5) is 13.1. The highest BCUT2D eigenvalue weighted by Crippen LogP contribution is 2.50. The molecule has 1 rings (SSSR count). The fraction of sp³-hybridized carbons (Fsp3) is 0.816. The molecule has 0 amide bonds. The van der Waals surface area contributed by atoms with E-state index in [4.69, 9.17) is 4.74 Å². The summed E-state index contributed by atoms with van der Waals surface area (Å²) < 4.78 is 5.77. The lowest BCUT2D eigenvalue weighted by Crippen LogP contribution is -2.37. The second-order valence-corrected chi connectivity index (χ2v) is 14.9. The summed E-state index contributed by atoms with van der Waals surface area (Å²) in [5.41, 5.74) is 0.869. The summed E-state index contributed by atoms with van der Waals surface area (Å²) in [5, 5.41) is 10.8. The molecule has 0 aliphatic carbocycles. The van der Waals surface area contributed by atoms with Gasteiger partial charge in [0.1, 0.15) is 5.75 Å². The number of ether oxygens (including phenoxy) is 1. The molecule has 3 unspecified atom stereocenters. The Morgan fingerprint density at radius 3 is 1.56 bits per heavy atom. The van der Waals surface area contributed by atoms with Gasteiger partial charge in [0.05, 0.1) is 6.61 Å². The van der Waals surface area contributed by atoms with Crippen LogP contribution in [-0.2, 0) is 9.53 Å². The van der Waals surface area contributed by atoms with Crippen molar-refractivity contribution >= 4 is 5.97 Å². The van der Waals surface area contributed by atoms with Gasteiger partial charge in [-0.25, -0.2) is 0 Å². The first-order valence-corrected chi connectivity index (χ1v) is 17.3. The Bertz CT molecular complexity index is 800. The Morgan fingerprint density at radius 2 is 1.15 bits per heavy atom. The zero-order valence-electron chi connectivity index (χ0n) is 28.5. The molecule has 1 N–H and O–H groups in total. The molecule has 1 aromatic rings. The van der Waals surface area contributed by atoms with Gasteiger partial charge in [-0.3, -0.25) is 4.79 Å². The van der Waals surface area contributed by atoms with E-state index in [1.54, 1.807) is 6.07 Å². The molecule has 0 aliphatic heterocycles. The summed E-state index contributed by atoms with van der Waals surface area (Å²) in [6.07, 6.45) is 21.8. The minimum Gasteiger partial charge on any atom is -0.508 e. The lowest BCUT2D eigenvalue weighted by Gasteiger charge is -2.44. The van der Waals surface area contributed by atoms with Gasteiger partial charge in [0.25, 0.3) is 0 Å². The number of carbonyl (C=O) groups is 1. The molecule has 0 fully saturated rings. The fourth-order valence-corrected chi connectivity index (χ4v) is 6.19. The van der Waals surface area contributed by atoms with Gasteiger partial charge >= 0.3 is 5.97 Å². The van der Waals surface area contributed by atoms with E-state index >= 15 is 0 Å². The molecule has 238 valence electrons. The lowest BCUT2D eigenvalue weighted by molar-refractivity contribution is -0.146. The topological polar surface area (TPSA) is 46.5 Å². The van der Waals surface area contributed by atoms with E-state index in [9.17, 15) is 9.90 Å². The Balaban J connectivity index is 2.36. The number of phenolic OH excluding ortho intramolecular Hbond substituents is 1. The van der Waals surface area contributed by atoms with Crippen molar-refractivity contribution < 1.29 is 14.6 Å². The van der Waals surface area contributed by atoms with Gasteiger partial charge in [0, 0.05) is 6.42 Å². The minimum absolute atomic E-state index is 0.0356. The van der Waals surface area contributed by atoms with Crippen molar-refractivity contribution in [2.24, 2.45) is 22.7 Å². The van der Waals surface area contributed by atoms with Crippen molar-refractivity contribution in [2.75, 3.05) is 6.61 Å². The first-order valence-electron chi connectivity index (χ1n) is 17.3. The summed E-state index contributed by atoms with van der Waals surface area (Å²) >= 11 is 0. The van der Waals surface area contributed by atoms with Crippen molar-refractivity contribution in [3.05, 3.63) is 29.8 Å². The van der Waals surface area contributed by atoms with Crippen LogP contribution in [-0.4, -0.2) is 17.7 Å². The Labute approximate surface area is 255 Å². The van der Waals surface area contributed by atoms with Gasteiger partial charge in [-0.05, 0) is 46.6 Å². The molecule has 0 saturated carbocycles. The van der Waals surface area contributed by atoms with E-state index in [2.05, 4.69) is 55.4 Å². The first-order chi connectivity index (χ1) is 19.4. The van der Waals surface area contributed by atoms with Crippen LogP contribution in [0.15, 0.2) is 24.3 Å². The Kier molecular flexibility index (Phi) is 18.7. The molecule has 0 spiro atoms. The maximum atomic E-state index is 13.1. The van der Waals surface area contributed by atoms with Crippen LogP contribution in [0.4, 0.5) is 0 Å². The zero-order valence-corrected chi connectivity index (χ0v) is 28.5. The van der Waals surface area contributed by atoms with E-state index in [0.717, 1.165) is 18.4 Å². The number of benzene rings is 1. The molecule has 0 heterocycles. The molecule has 3 atom stereocenters. The molecule has 41 heavy (non-hydrogen) atoms. The van der Waals surface area contributed by atoms with Crippen LogP contribution < -0.4 is 0 Å². The number of carbonyl (C=O) groups excluding carboxylic acids is 1. The van der Waals surface area contributed by atoms with Crippen molar-refractivity contribution in [3.8, 4) is 5.75 Å². The standard InChI is InChI=1S/C38H68O3/c1-9-10-11-12-13-14-15-16-17-18-19-20-21-22-23-26-29-41-35(40)30-33(38(6,7)8)36(31(2)37(3,4)5)32-27-24-25-28-34(32)39/h24-25,27-28,31,33,36,39H,9-23,26,29-30H2,1-8H3. The fourth-order valence-electron chi connectivity index (χ4n) is 6.19. The van der Waals surface area contributed by atoms with Gasteiger partial charge in [-0.2, -0.15) is 0 Å². The van der Waals surface area contributed by atoms with E-state index in [1.807, 2.05) is 18.2 Å². The molecule has 1 aromatic carbocycles. The van der Waals surface area contributed by atoms with Crippen molar-refractivity contribution in [1.29, 1.82) is 0 Å². The van der Waals surface area contributed by atoms with Gasteiger partial charge < -0.3 is 9.84 Å². The first kappa shape index (κ1) is 37.5. The normalized spacial score (nSPS) is 14.5. The Morgan fingerprint density at radius 1 is 0.707 bits per heavy atom. The van der Waals surface area contributed by atoms with Crippen LogP contribution in [0.2, 0.25) is 0 Å². The van der Waals surface area contributed by atoms with Gasteiger partial charge in [-0.15, -0.1) is 0 Å². The van der Waals surface area contributed by atoms with Gasteiger partial charge in [-0.1, -0.05) is 170 Å². The van der Waals surface area contributed by atoms with Crippen molar-refractivity contribution in [3.63, 3.8) is 0 Å². The van der Waals surface area contributed by atoms with E-state index < -0.39 is 0 Å². The van der Waals surface area contributed by atoms with Crippen LogP contribution in [0, 0.1) is 22.7 Å². The number of hydrogen-bond donors (Lipinski definition) is 1. The summed E-state index contributed by atoms with van der Waals surface area (Å²) in [7, 11) is 0. The number of hydrogen-bond acceptors (Lipinski definition) is 3. The molecular weight excluding hydrogens is 504 g/mol. The molecule has 0 aromatic heterocycles. The molecule has 0 aliphatic rings. The average molecular weight is 573 g/mol. The van der Waals surface area contributed by atoms with E-state index in [1.165, 1.54) is 89.9 Å². The average Bonchev–Trinajstić information content (AvgIpc) is 2.89. The SMILES string of the molecule is CCCCCCCCCCCCCCCCCCOC(=O)CC(C(c1ccccc1O)C(C)C(C)(C)C)C(C)(C)C. The highest BCUT2D eigenvalue weighted by molar-refractivity contribution is 5.70. The maximum Gasteiger partial charge on any atom is 0.306 e. The quantitative estimate of drug-likeness (QED) is 0.111. The second kappa shape index (κ2) is 20.4. The highest BCUT2D eigenvalue weighted by Gasteiger charge is 2.42. The summed E-state index contributed by atoms with van der Waals surface area (Å²) in [6, 6.07) is 7.67. The van der Waals surface area contributed by atoms with Crippen LogP contribution in [0.5, 0.6) is 5.75 Å². The van der Waals surface area contributed by atoms with E-state index in [0.29, 0.717) is 18.8 Å². The summed E-state index contributed by atoms with van der Waals surface area (Å²) in [6.45, 7) is 18.4. The molecule has 3 nitrogen and oxygen atoms in total. The van der Waals surface area contributed by atoms with Crippen LogP contribution in [0.25, 0.3) is 0 Å². The largest absolute Gasteiger partial charge is 0.508 e. The highest BCUT2D eigenvalue weighted by atomic mass is 16.5. The number of aromatic hydroxyl groups is 1. The van der Waals surface area contributed by atoms with Gasteiger partial charge in [0.15, 0.2) is 0 Å². The number of esters is 1. The number of unbranched alkanes of at least 4 members (excludes halogenated alkanes) is 15. The third-order valence-corrected chi connectivity index (χ3v) is 9.39. The molecular formula is C38H68O3. The predicted molar refractivity (Wildman–Crippen MR) is 178 cm³/mol. The van der Waals surface area contributed by atoms with Crippen LogP contribution >= 0.6 is 0 Å². The second-order valence-electron chi connectivity index (χ2n) is 14.9. The van der Waals surface area contributed by atoms with Crippen LogP contribution in [0.3, 0.4) is 0 Å². The molecule has 0 saturated heterocycles. The maximum absolute atomic E-state index is 13.1. The Hall–Kier alpha value is -1.51. The van der Waals surface area contributed by atoms with Crippen molar-refractivity contribution in [2.45, 2.75) is 170 Å². The van der Waals surface area contributed by atoms with Crippen LogP contribution in [0.1, 0.15) is 176 Å². The van der Waals surface area contributed by atoms with Gasteiger partial charge in [0.2, 0.25) is 0 Å². The van der Waals surface area contributed by atoms with Crippen molar-refractivity contribution in [1.82, 2.24) is 0 Å². The lowest BCUT2D eigenvalue weighted by atomic mass is 9.60. The van der Waals surface area contributed by atoms with E-state index in [-0.39, 0.29) is 34.6 Å². The number of rotatable bonds is 22. The number of phenols is 1.